The summed E-state index contributed by atoms with van der Waals surface area (Å²) in [5.74, 6) is 1.08. The molecule has 0 unspecified atom stereocenters. The monoisotopic (exact) mass is 481 g/mol. The van der Waals surface area contributed by atoms with E-state index in [2.05, 4.69) is 15.3 Å². The molecule has 3 aromatic carbocycles. The number of nitrogens with one attached hydrogen (secondary N) is 2. The van der Waals surface area contributed by atoms with E-state index < -0.39 is 0 Å². The summed E-state index contributed by atoms with van der Waals surface area (Å²) < 4.78 is 6.05. The minimum Gasteiger partial charge on any atom is -0.459 e. The molecule has 0 aliphatic rings. The highest BCUT2D eigenvalue weighted by Gasteiger charge is 2.19. The second-order valence-electron chi connectivity index (χ2n) is 7.22. The number of amides is 1. The van der Waals surface area contributed by atoms with Crippen molar-refractivity contribution in [2.45, 2.75) is 17.8 Å². The molecule has 0 atom stereocenters. The third kappa shape index (κ3) is 3.86. The molecule has 0 aliphatic carbocycles. The van der Waals surface area contributed by atoms with Gasteiger partial charge in [-0.05, 0) is 37.3 Å². The number of rotatable bonds is 5. The zero-order valence-electron chi connectivity index (χ0n) is 16.9. The predicted molar refractivity (Wildman–Crippen MR) is 131 cm³/mol. The summed E-state index contributed by atoms with van der Waals surface area (Å²) in [5.41, 5.74) is 4.40. The van der Waals surface area contributed by atoms with Crippen molar-refractivity contribution in [1.29, 1.82) is 0 Å². The van der Waals surface area contributed by atoms with Crippen molar-refractivity contribution in [3.05, 3.63) is 87.6 Å². The van der Waals surface area contributed by atoms with Gasteiger partial charge in [0.05, 0.1) is 32.3 Å². The van der Waals surface area contributed by atoms with Crippen LogP contribution < -0.4 is 5.32 Å². The summed E-state index contributed by atoms with van der Waals surface area (Å²) in [6.07, 6.45) is 0. The van der Waals surface area contributed by atoms with Gasteiger partial charge in [-0.15, -0.1) is 0 Å². The van der Waals surface area contributed by atoms with Crippen molar-refractivity contribution in [2.75, 3.05) is 5.32 Å². The molecular formula is C24H17Cl2N3O2S. The molecule has 1 amide bonds. The van der Waals surface area contributed by atoms with Gasteiger partial charge >= 0.3 is 0 Å². The molecule has 5 aromatic rings. The number of hydrogen-bond acceptors (Lipinski definition) is 4. The van der Waals surface area contributed by atoms with Crippen LogP contribution in [0.3, 0.4) is 0 Å². The Kier molecular flexibility index (Phi) is 5.59. The number of aromatic nitrogens is 2. The number of thioether (sulfide) groups is 1. The first-order valence-electron chi connectivity index (χ1n) is 9.85. The van der Waals surface area contributed by atoms with Gasteiger partial charge < -0.3 is 14.7 Å². The molecule has 5 rings (SSSR count). The van der Waals surface area contributed by atoms with Crippen LogP contribution in [-0.2, 0) is 5.75 Å². The number of fused-ring (bicyclic) bond motifs is 2. The number of anilines is 1. The minimum atomic E-state index is -0.389. The largest absolute Gasteiger partial charge is 0.459 e. The predicted octanol–water partition coefficient (Wildman–Crippen LogP) is 7.47. The maximum Gasteiger partial charge on any atom is 0.258 e. The highest BCUT2D eigenvalue weighted by atomic mass is 35.5. The van der Waals surface area contributed by atoms with Crippen molar-refractivity contribution in [2.24, 2.45) is 0 Å². The molecule has 2 heterocycles. The van der Waals surface area contributed by atoms with Crippen molar-refractivity contribution >= 4 is 68.6 Å². The van der Waals surface area contributed by atoms with Crippen LogP contribution in [0.25, 0.3) is 22.0 Å². The molecule has 32 heavy (non-hydrogen) atoms. The van der Waals surface area contributed by atoms with Crippen LogP contribution in [0.1, 0.15) is 21.7 Å². The zero-order chi connectivity index (χ0) is 22.2. The van der Waals surface area contributed by atoms with Gasteiger partial charge in [-0.25, -0.2) is 4.98 Å². The number of carbonyl (C=O) groups excluding carboxylic acids is 1. The number of para-hydroxylation sites is 3. The Morgan fingerprint density at radius 2 is 1.81 bits per heavy atom. The Labute approximate surface area is 198 Å². The number of imidazole rings is 1. The van der Waals surface area contributed by atoms with Crippen molar-refractivity contribution in [1.82, 2.24) is 9.97 Å². The molecule has 2 N–H and O–H groups in total. The fourth-order valence-electron chi connectivity index (χ4n) is 3.60. The van der Waals surface area contributed by atoms with Crippen LogP contribution in [0.5, 0.6) is 0 Å². The van der Waals surface area contributed by atoms with E-state index in [9.17, 15) is 4.79 Å². The molecule has 0 spiro atoms. The first-order chi connectivity index (χ1) is 15.5. The van der Waals surface area contributed by atoms with Crippen LogP contribution >= 0.6 is 35.0 Å². The van der Waals surface area contributed by atoms with Gasteiger partial charge in [0.25, 0.3) is 5.91 Å². The lowest BCUT2D eigenvalue weighted by Crippen LogP contribution is -2.13. The number of carbonyl (C=O) groups is 1. The van der Waals surface area contributed by atoms with E-state index in [0.717, 1.165) is 32.9 Å². The maximum absolute atomic E-state index is 12.8. The average Bonchev–Trinajstić information content (AvgIpc) is 3.32. The van der Waals surface area contributed by atoms with Gasteiger partial charge in [0.1, 0.15) is 5.76 Å². The minimum absolute atomic E-state index is 0.233. The fraction of sp³-hybridized carbons (Fsp3) is 0.0833. The molecule has 0 aliphatic heterocycles. The van der Waals surface area contributed by atoms with E-state index in [1.165, 1.54) is 0 Å². The van der Waals surface area contributed by atoms with E-state index in [-0.39, 0.29) is 11.5 Å². The summed E-state index contributed by atoms with van der Waals surface area (Å²) in [6, 6.07) is 18.6. The van der Waals surface area contributed by atoms with Gasteiger partial charge in [0.2, 0.25) is 0 Å². The first-order valence-corrected chi connectivity index (χ1v) is 11.6. The van der Waals surface area contributed by atoms with Gasteiger partial charge in [0, 0.05) is 16.7 Å². The highest BCUT2D eigenvalue weighted by Crippen LogP contribution is 2.35. The number of hydrogen-bond donors (Lipinski definition) is 2. The number of H-pyrrole nitrogens is 1. The lowest BCUT2D eigenvalue weighted by atomic mass is 10.1. The van der Waals surface area contributed by atoms with Crippen molar-refractivity contribution in [3.63, 3.8) is 0 Å². The average molecular weight is 482 g/mol. The van der Waals surface area contributed by atoms with Gasteiger partial charge in [-0.1, -0.05) is 65.3 Å². The second kappa shape index (κ2) is 8.54. The Morgan fingerprint density at radius 1 is 1.06 bits per heavy atom. The smallest absolute Gasteiger partial charge is 0.258 e. The van der Waals surface area contributed by atoms with Crippen LogP contribution in [0.15, 0.2) is 70.2 Å². The molecule has 0 fully saturated rings. The SMILES string of the molecule is Cc1oc2c(NC(=O)c3c(Cl)cccc3Cl)cccc2c1CSc1nc2ccccc2[nH]1. The van der Waals surface area contributed by atoms with Crippen LogP contribution in [0.2, 0.25) is 10.0 Å². The lowest BCUT2D eigenvalue weighted by Gasteiger charge is -2.09. The Bertz CT molecular complexity index is 1420. The Balaban J connectivity index is 1.43. The van der Waals surface area contributed by atoms with E-state index in [0.29, 0.717) is 27.1 Å². The third-order valence-corrected chi connectivity index (χ3v) is 6.71. The third-order valence-electron chi connectivity index (χ3n) is 5.18. The summed E-state index contributed by atoms with van der Waals surface area (Å²) >= 11 is 14.0. The fourth-order valence-corrected chi connectivity index (χ4v) is 5.16. The molecule has 0 saturated carbocycles. The Hall–Kier alpha value is -2.93. The standard InChI is InChI=1S/C24H17Cl2N3O2S/c1-13-15(12-32-24-28-18-9-2-3-10-19(18)29-24)14-6-4-11-20(22(14)31-13)27-23(30)21-16(25)7-5-8-17(21)26/h2-11H,12H2,1H3,(H,27,30)(H,28,29). The molecule has 0 saturated heterocycles. The first kappa shape index (κ1) is 20.9. The topological polar surface area (TPSA) is 70.9 Å². The molecule has 0 radical (unpaired) electrons. The summed E-state index contributed by atoms with van der Waals surface area (Å²) in [7, 11) is 0. The van der Waals surface area contributed by atoms with Crippen LogP contribution in [0.4, 0.5) is 5.69 Å². The van der Waals surface area contributed by atoms with Crippen LogP contribution in [-0.4, -0.2) is 15.9 Å². The van der Waals surface area contributed by atoms with Crippen LogP contribution in [0, 0.1) is 6.92 Å². The number of aromatic amines is 1. The number of aryl methyl sites for hydroxylation is 1. The number of nitrogens with zero attached hydrogens (tertiary/aromatic N) is 1. The highest BCUT2D eigenvalue weighted by molar-refractivity contribution is 7.98. The maximum atomic E-state index is 12.8. The summed E-state index contributed by atoms with van der Waals surface area (Å²) in [4.78, 5) is 20.8. The van der Waals surface area contributed by atoms with Gasteiger partial charge in [-0.3, -0.25) is 4.79 Å². The normalized spacial score (nSPS) is 11.3. The summed E-state index contributed by atoms with van der Waals surface area (Å²) in [6.45, 7) is 1.92. The lowest BCUT2D eigenvalue weighted by molar-refractivity contribution is 0.102. The van der Waals surface area contributed by atoms with Gasteiger partial charge in [0.15, 0.2) is 10.7 Å². The molecule has 5 nitrogen and oxygen atoms in total. The quantitative estimate of drug-likeness (QED) is 0.255. The number of halogens is 2. The molecule has 160 valence electrons. The van der Waals surface area contributed by atoms with E-state index in [1.54, 1.807) is 36.0 Å². The molecular weight excluding hydrogens is 465 g/mol. The second-order valence-corrected chi connectivity index (χ2v) is 9.00. The molecule has 0 bridgehead atoms. The number of furan rings is 1. The Morgan fingerprint density at radius 3 is 2.59 bits per heavy atom. The van der Waals surface area contributed by atoms with Gasteiger partial charge in [-0.2, -0.15) is 0 Å². The van der Waals surface area contributed by atoms with Crippen molar-refractivity contribution < 1.29 is 9.21 Å². The summed E-state index contributed by atoms with van der Waals surface area (Å²) in [5, 5.41) is 5.26. The molecule has 8 heteroatoms. The number of benzene rings is 3. The van der Waals surface area contributed by atoms with Crippen molar-refractivity contribution in [3.8, 4) is 0 Å². The zero-order valence-corrected chi connectivity index (χ0v) is 19.2. The van der Waals surface area contributed by atoms with E-state index in [4.69, 9.17) is 27.6 Å². The van der Waals surface area contributed by atoms with E-state index in [1.807, 2.05) is 43.3 Å². The molecule has 2 aromatic heterocycles. The van der Waals surface area contributed by atoms with E-state index >= 15 is 0 Å².